The molecule has 3 nitrogen and oxygen atoms in total. The van der Waals surface area contributed by atoms with Crippen LogP contribution in [0.4, 0.5) is 0 Å². The minimum atomic E-state index is 0.760. The normalized spacial score (nSPS) is 12.7. The lowest BCUT2D eigenvalue weighted by Gasteiger charge is -2.20. The Morgan fingerprint density at radius 2 is 2.26 bits per heavy atom. The predicted octanol–water partition coefficient (Wildman–Crippen LogP) is 3.66. The first kappa shape index (κ1) is 12.3. The fraction of sp³-hybridized carbons (Fsp3) is 0.333. The molecule has 0 spiro atoms. The first-order chi connectivity index (χ1) is 9.15. The van der Waals surface area contributed by atoms with Crippen LogP contribution in [0.1, 0.15) is 29.2 Å². The van der Waals surface area contributed by atoms with Crippen LogP contribution in [-0.2, 0) is 12.3 Å². The monoisotopic (exact) mass is 269 g/mol. The molecule has 0 N–H and O–H groups in total. The van der Waals surface area contributed by atoms with Gasteiger partial charge in [-0.2, -0.15) is 10.4 Å². The molecule has 3 rings (SSSR count). The predicted molar refractivity (Wildman–Crippen MR) is 77.1 cm³/mol. The molecular formula is C15H15N3S. The molecule has 0 saturated heterocycles. The highest BCUT2D eigenvalue weighted by Crippen LogP contribution is 2.45. The van der Waals surface area contributed by atoms with E-state index in [0.29, 0.717) is 0 Å². The summed E-state index contributed by atoms with van der Waals surface area (Å²) in [6.07, 6.45) is 2.12. The van der Waals surface area contributed by atoms with Gasteiger partial charge in [-0.3, -0.25) is 4.68 Å². The van der Waals surface area contributed by atoms with E-state index in [4.69, 9.17) is 0 Å². The highest BCUT2D eigenvalue weighted by atomic mass is 32.2. The van der Waals surface area contributed by atoms with Crippen LogP contribution in [0.15, 0.2) is 17.2 Å². The fourth-order valence-electron chi connectivity index (χ4n) is 2.57. The van der Waals surface area contributed by atoms with Crippen molar-refractivity contribution >= 4 is 11.8 Å². The number of fused-ring (bicyclic) bond motifs is 3. The largest absolute Gasteiger partial charge is 0.272 e. The second kappa shape index (κ2) is 4.43. The van der Waals surface area contributed by atoms with E-state index < -0.39 is 0 Å². The number of aryl methyl sites for hydroxylation is 2. The van der Waals surface area contributed by atoms with Crippen molar-refractivity contribution in [1.29, 1.82) is 5.26 Å². The van der Waals surface area contributed by atoms with Crippen molar-refractivity contribution in [2.45, 2.75) is 38.0 Å². The van der Waals surface area contributed by atoms with Gasteiger partial charge in [-0.25, -0.2) is 0 Å². The molecule has 96 valence electrons. The number of hydrogen-bond acceptors (Lipinski definition) is 3. The van der Waals surface area contributed by atoms with Gasteiger partial charge in [-0.05, 0) is 38.0 Å². The summed E-state index contributed by atoms with van der Waals surface area (Å²) in [4.78, 5) is 1.28. The maximum atomic E-state index is 9.26. The lowest BCUT2D eigenvalue weighted by Crippen LogP contribution is -2.01. The molecular weight excluding hydrogens is 254 g/mol. The van der Waals surface area contributed by atoms with Gasteiger partial charge in [0.15, 0.2) is 0 Å². The van der Waals surface area contributed by atoms with Crippen LogP contribution in [0.3, 0.4) is 0 Å². The van der Waals surface area contributed by atoms with Crippen LogP contribution < -0.4 is 0 Å². The van der Waals surface area contributed by atoms with Gasteiger partial charge in [0, 0.05) is 34.5 Å². The summed E-state index contributed by atoms with van der Waals surface area (Å²) in [6.45, 7) is 7.07. The molecule has 0 amide bonds. The third kappa shape index (κ3) is 1.77. The summed E-state index contributed by atoms with van der Waals surface area (Å²) < 4.78 is 1.98. The molecule has 1 aliphatic rings. The molecule has 4 heteroatoms. The Hall–Kier alpha value is -1.73. The Morgan fingerprint density at radius 1 is 1.47 bits per heavy atom. The maximum absolute atomic E-state index is 9.26. The van der Waals surface area contributed by atoms with E-state index in [1.807, 2.05) is 29.4 Å². The SMILES string of the molecule is CCn1cc2c(n1)-c1c(C)c(C#N)cc(C)c1SC2. The fourth-order valence-corrected chi connectivity index (χ4v) is 3.76. The number of aromatic nitrogens is 2. The maximum Gasteiger partial charge on any atom is 0.0994 e. The molecule has 1 aromatic heterocycles. The lowest BCUT2D eigenvalue weighted by atomic mass is 9.96. The Labute approximate surface area is 117 Å². The summed E-state index contributed by atoms with van der Waals surface area (Å²) in [5.41, 5.74) is 6.49. The second-order valence-corrected chi connectivity index (χ2v) is 5.81. The number of hydrogen-bond donors (Lipinski definition) is 0. The minimum Gasteiger partial charge on any atom is -0.272 e. The summed E-state index contributed by atoms with van der Waals surface area (Å²) in [6, 6.07) is 4.28. The Balaban J connectivity index is 2.33. The zero-order valence-corrected chi connectivity index (χ0v) is 12.1. The molecule has 1 aromatic carbocycles. The quantitative estimate of drug-likeness (QED) is 0.793. The van der Waals surface area contributed by atoms with Crippen LogP contribution in [-0.4, -0.2) is 9.78 Å². The molecule has 0 saturated carbocycles. The first-order valence-electron chi connectivity index (χ1n) is 6.39. The van der Waals surface area contributed by atoms with E-state index in [9.17, 15) is 5.26 Å². The smallest absolute Gasteiger partial charge is 0.0994 e. The van der Waals surface area contributed by atoms with Gasteiger partial charge >= 0.3 is 0 Å². The summed E-state index contributed by atoms with van der Waals surface area (Å²) in [7, 11) is 0. The van der Waals surface area contributed by atoms with Gasteiger partial charge in [-0.1, -0.05) is 0 Å². The topological polar surface area (TPSA) is 41.6 Å². The average molecular weight is 269 g/mol. The lowest BCUT2D eigenvalue weighted by molar-refractivity contribution is 0.661. The average Bonchev–Trinajstić information content (AvgIpc) is 2.85. The third-order valence-corrected chi connectivity index (χ3v) is 4.89. The second-order valence-electron chi connectivity index (χ2n) is 4.83. The van der Waals surface area contributed by atoms with Crippen molar-refractivity contribution in [3.05, 3.63) is 34.5 Å². The standard InChI is InChI=1S/C15H15N3S/c1-4-18-7-12-8-19-15-9(2)5-11(6-16)10(3)13(15)14(12)17-18/h5,7H,4,8H2,1-3H3. The third-order valence-electron chi connectivity index (χ3n) is 3.62. The van der Waals surface area contributed by atoms with Crippen molar-refractivity contribution < 1.29 is 0 Å². The van der Waals surface area contributed by atoms with Crippen molar-refractivity contribution in [3.63, 3.8) is 0 Å². The van der Waals surface area contributed by atoms with E-state index in [0.717, 1.165) is 34.7 Å². The van der Waals surface area contributed by atoms with Gasteiger partial charge in [-0.15, -0.1) is 11.8 Å². The van der Waals surface area contributed by atoms with Gasteiger partial charge in [0.05, 0.1) is 17.3 Å². The zero-order valence-electron chi connectivity index (χ0n) is 11.3. The van der Waals surface area contributed by atoms with Gasteiger partial charge in [0.25, 0.3) is 0 Å². The van der Waals surface area contributed by atoms with E-state index in [1.165, 1.54) is 16.0 Å². The number of benzene rings is 1. The molecule has 2 heterocycles. The van der Waals surface area contributed by atoms with Crippen molar-refractivity contribution in [2.75, 3.05) is 0 Å². The number of nitriles is 1. The van der Waals surface area contributed by atoms with Gasteiger partial charge in [0.1, 0.15) is 0 Å². The number of nitrogens with zero attached hydrogens (tertiary/aromatic N) is 3. The number of rotatable bonds is 1. The molecule has 0 bridgehead atoms. The molecule has 19 heavy (non-hydrogen) atoms. The molecule has 2 aromatic rings. The highest BCUT2D eigenvalue weighted by molar-refractivity contribution is 7.98. The molecule has 0 fully saturated rings. The van der Waals surface area contributed by atoms with Crippen LogP contribution in [0.2, 0.25) is 0 Å². The Morgan fingerprint density at radius 3 is 2.95 bits per heavy atom. The highest BCUT2D eigenvalue weighted by Gasteiger charge is 2.25. The van der Waals surface area contributed by atoms with Crippen molar-refractivity contribution in [1.82, 2.24) is 9.78 Å². The molecule has 0 atom stereocenters. The van der Waals surface area contributed by atoms with E-state index in [2.05, 4.69) is 31.2 Å². The van der Waals surface area contributed by atoms with Gasteiger partial charge in [0.2, 0.25) is 0 Å². The Kier molecular flexibility index (Phi) is 2.87. The van der Waals surface area contributed by atoms with Gasteiger partial charge < -0.3 is 0 Å². The summed E-state index contributed by atoms with van der Waals surface area (Å²) >= 11 is 1.85. The van der Waals surface area contributed by atoms with Crippen LogP contribution in [0.5, 0.6) is 0 Å². The Bertz CT molecular complexity index is 703. The molecule has 0 aliphatic carbocycles. The first-order valence-corrected chi connectivity index (χ1v) is 7.38. The van der Waals surface area contributed by atoms with Crippen LogP contribution in [0, 0.1) is 25.2 Å². The molecule has 0 radical (unpaired) electrons. The van der Waals surface area contributed by atoms with Crippen molar-refractivity contribution in [3.8, 4) is 17.3 Å². The van der Waals surface area contributed by atoms with E-state index >= 15 is 0 Å². The van der Waals surface area contributed by atoms with E-state index in [-0.39, 0.29) is 0 Å². The zero-order chi connectivity index (χ0) is 13.6. The van der Waals surface area contributed by atoms with Crippen molar-refractivity contribution in [2.24, 2.45) is 0 Å². The van der Waals surface area contributed by atoms with Crippen LogP contribution >= 0.6 is 11.8 Å². The summed E-state index contributed by atoms with van der Waals surface area (Å²) in [5.74, 6) is 0.967. The number of thioether (sulfide) groups is 1. The molecule has 1 aliphatic heterocycles. The minimum absolute atomic E-state index is 0.760. The van der Waals surface area contributed by atoms with Crippen LogP contribution in [0.25, 0.3) is 11.3 Å². The van der Waals surface area contributed by atoms with E-state index in [1.54, 1.807) is 0 Å². The molecule has 0 unspecified atom stereocenters. The summed E-state index contributed by atoms with van der Waals surface area (Å²) in [5, 5.41) is 13.9.